The predicted molar refractivity (Wildman–Crippen MR) is 130 cm³/mol. The van der Waals surface area contributed by atoms with Gasteiger partial charge in [-0.3, -0.25) is 14.6 Å². The molecule has 0 aliphatic carbocycles. The third-order valence-corrected chi connectivity index (χ3v) is 6.44. The fourth-order valence-corrected chi connectivity index (χ4v) is 4.72. The summed E-state index contributed by atoms with van der Waals surface area (Å²) < 4.78 is 0. The van der Waals surface area contributed by atoms with Crippen LogP contribution < -0.4 is 5.32 Å². The number of nitrogens with zero attached hydrogens (tertiary/aromatic N) is 2. The average Bonchev–Trinajstić information content (AvgIpc) is 2.86. The minimum Gasteiger partial charge on any atom is -0.356 e. The third-order valence-electron chi connectivity index (χ3n) is 6.44. The molecule has 1 aliphatic rings. The van der Waals surface area contributed by atoms with E-state index in [-0.39, 0.29) is 11.8 Å². The van der Waals surface area contributed by atoms with Gasteiger partial charge < -0.3 is 10.2 Å². The molecule has 3 aromatic rings. The summed E-state index contributed by atoms with van der Waals surface area (Å²) in [7, 11) is 0. The number of hydrogen-bond donors (Lipinski definition) is 1. The quantitative estimate of drug-likeness (QED) is 0.595. The molecule has 4 rings (SSSR count). The molecule has 1 unspecified atom stereocenters. The lowest BCUT2D eigenvalue weighted by Crippen LogP contribution is -2.54. The largest absolute Gasteiger partial charge is 0.356 e. The highest BCUT2D eigenvalue weighted by atomic mass is 16.2. The molecule has 5 heteroatoms. The minimum atomic E-state index is -0.615. The van der Waals surface area contributed by atoms with Gasteiger partial charge in [-0.15, -0.1) is 0 Å². The maximum atomic E-state index is 13.3. The summed E-state index contributed by atoms with van der Waals surface area (Å²) in [4.78, 5) is 32.4. The van der Waals surface area contributed by atoms with E-state index in [2.05, 4.69) is 34.6 Å². The van der Waals surface area contributed by atoms with Gasteiger partial charge in [0.2, 0.25) is 11.8 Å². The fraction of sp³-hybridized carbons (Fsp3) is 0.321. The van der Waals surface area contributed by atoms with Crippen LogP contribution in [0.15, 0.2) is 79.1 Å². The van der Waals surface area contributed by atoms with Crippen molar-refractivity contribution in [3.8, 4) is 11.1 Å². The van der Waals surface area contributed by atoms with E-state index in [0.717, 1.165) is 35.1 Å². The van der Waals surface area contributed by atoms with Crippen LogP contribution in [0.3, 0.4) is 0 Å². The molecule has 0 bridgehead atoms. The molecule has 0 spiro atoms. The van der Waals surface area contributed by atoms with Crippen LogP contribution in [0.25, 0.3) is 11.1 Å². The number of pyridine rings is 1. The summed E-state index contributed by atoms with van der Waals surface area (Å²) >= 11 is 0. The molecule has 5 nitrogen and oxygen atoms in total. The van der Waals surface area contributed by atoms with Crippen molar-refractivity contribution in [2.45, 2.75) is 32.6 Å². The highest BCUT2D eigenvalue weighted by Gasteiger charge is 2.43. The Morgan fingerprint density at radius 1 is 0.970 bits per heavy atom. The molecule has 1 atom stereocenters. The highest BCUT2D eigenvalue weighted by molar-refractivity contribution is 5.85. The summed E-state index contributed by atoms with van der Waals surface area (Å²) in [5, 5.41) is 3.04. The Kier molecular flexibility index (Phi) is 7.18. The van der Waals surface area contributed by atoms with Crippen LogP contribution >= 0.6 is 0 Å². The molecule has 1 aromatic heterocycles. The smallest absolute Gasteiger partial charge is 0.228 e. The lowest BCUT2D eigenvalue weighted by molar-refractivity contribution is -0.141. The van der Waals surface area contributed by atoms with Gasteiger partial charge in [0.1, 0.15) is 0 Å². The molecular formula is C28H31N3O2. The Morgan fingerprint density at radius 3 is 2.45 bits per heavy atom. The van der Waals surface area contributed by atoms with Gasteiger partial charge in [-0.25, -0.2) is 0 Å². The second kappa shape index (κ2) is 10.4. The van der Waals surface area contributed by atoms with Gasteiger partial charge in [-0.2, -0.15) is 0 Å². The number of piperidine rings is 1. The summed E-state index contributed by atoms with van der Waals surface area (Å²) in [5.74, 6) is 0.125. The third kappa shape index (κ3) is 5.48. The lowest BCUT2D eigenvalue weighted by Gasteiger charge is -2.42. The van der Waals surface area contributed by atoms with Crippen molar-refractivity contribution in [2.24, 2.45) is 5.41 Å². The van der Waals surface area contributed by atoms with Crippen molar-refractivity contribution in [3.63, 3.8) is 0 Å². The van der Waals surface area contributed by atoms with Crippen molar-refractivity contribution in [3.05, 3.63) is 90.3 Å². The first-order valence-corrected chi connectivity index (χ1v) is 11.7. The zero-order valence-corrected chi connectivity index (χ0v) is 19.2. The van der Waals surface area contributed by atoms with Crippen LogP contribution in [0.2, 0.25) is 0 Å². The number of amides is 2. The molecule has 2 heterocycles. The van der Waals surface area contributed by atoms with Crippen molar-refractivity contribution >= 4 is 11.8 Å². The zero-order valence-electron chi connectivity index (χ0n) is 19.2. The van der Waals surface area contributed by atoms with E-state index in [1.165, 1.54) is 0 Å². The summed E-state index contributed by atoms with van der Waals surface area (Å²) in [5.41, 5.74) is 3.66. The molecule has 1 fully saturated rings. The van der Waals surface area contributed by atoms with Crippen LogP contribution in [0, 0.1) is 5.41 Å². The van der Waals surface area contributed by atoms with Gasteiger partial charge >= 0.3 is 0 Å². The molecular weight excluding hydrogens is 410 g/mol. The summed E-state index contributed by atoms with van der Waals surface area (Å²) in [6, 6.07) is 22.1. The molecule has 2 amide bonds. The standard InChI is InChI=1S/C28H31N3O2/c1-2-30-27(33)28(19-23-11-13-24(14-12-23)25-10-6-16-29-20-25)15-7-17-31(21-28)26(32)18-22-8-4-3-5-9-22/h3-6,8-14,16,20H,2,7,15,17-19,21H2,1H3,(H,30,33). The Balaban J connectivity index is 1.53. The maximum absolute atomic E-state index is 13.3. The van der Waals surface area contributed by atoms with Crippen LogP contribution in [0.4, 0.5) is 0 Å². The van der Waals surface area contributed by atoms with Crippen LogP contribution in [-0.2, 0) is 22.4 Å². The van der Waals surface area contributed by atoms with Crippen LogP contribution in [0.5, 0.6) is 0 Å². The van der Waals surface area contributed by atoms with E-state index in [4.69, 9.17) is 0 Å². The first kappa shape index (κ1) is 22.7. The number of hydrogen-bond acceptors (Lipinski definition) is 3. The van der Waals surface area contributed by atoms with E-state index >= 15 is 0 Å². The van der Waals surface area contributed by atoms with Gasteiger partial charge in [0.15, 0.2) is 0 Å². The summed E-state index contributed by atoms with van der Waals surface area (Å²) in [6.07, 6.45) is 6.20. The number of benzene rings is 2. The van der Waals surface area contributed by atoms with Crippen LogP contribution in [0.1, 0.15) is 30.9 Å². The highest BCUT2D eigenvalue weighted by Crippen LogP contribution is 2.35. The van der Waals surface area contributed by atoms with Gasteiger partial charge in [-0.05, 0) is 54.5 Å². The van der Waals surface area contributed by atoms with E-state index in [1.54, 1.807) is 6.20 Å². The van der Waals surface area contributed by atoms with Crippen molar-refractivity contribution in [1.29, 1.82) is 0 Å². The molecule has 1 N–H and O–H groups in total. The van der Waals surface area contributed by atoms with Crippen molar-refractivity contribution in [1.82, 2.24) is 15.2 Å². The number of rotatable bonds is 7. The molecule has 0 saturated carbocycles. The Hall–Kier alpha value is -3.47. The van der Waals surface area contributed by atoms with Gasteiger partial charge in [0.05, 0.1) is 11.8 Å². The number of aromatic nitrogens is 1. The Labute approximate surface area is 195 Å². The first-order chi connectivity index (χ1) is 16.1. The number of likely N-dealkylation sites (tertiary alicyclic amines) is 1. The normalized spacial score (nSPS) is 18.0. The monoisotopic (exact) mass is 441 g/mol. The van der Waals surface area contributed by atoms with Gasteiger partial charge in [-0.1, -0.05) is 60.7 Å². The maximum Gasteiger partial charge on any atom is 0.228 e. The number of carbonyl (C=O) groups excluding carboxylic acids is 2. The molecule has 0 radical (unpaired) electrons. The lowest BCUT2D eigenvalue weighted by atomic mass is 9.74. The van der Waals surface area contributed by atoms with Gasteiger partial charge in [0.25, 0.3) is 0 Å². The van der Waals surface area contributed by atoms with Gasteiger partial charge in [0, 0.05) is 32.0 Å². The minimum absolute atomic E-state index is 0.0403. The Bertz CT molecular complexity index is 1070. The number of nitrogens with one attached hydrogen (secondary N) is 1. The van der Waals surface area contributed by atoms with Crippen LogP contribution in [-0.4, -0.2) is 41.3 Å². The fourth-order valence-electron chi connectivity index (χ4n) is 4.72. The Morgan fingerprint density at radius 2 is 1.76 bits per heavy atom. The number of carbonyl (C=O) groups is 2. The van der Waals surface area contributed by atoms with E-state index in [1.807, 2.05) is 60.5 Å². The van der Waals surface area contributed by atoms with E-state index in [9.17, 15) is 9.59 Å². The van der Waals surface area contributed by atoms with Crippen molar-refractivity contribution < 1.29 is 9.59 Å². The topological polar surface area (TPSA) is 62.3 Å². The molecule has 1 aliphatic heterocycles. The van der Waals surface area contributed by atoms with Crippen molar-refractivity contribution in [2.75, 3.05) is 19.6 Å². The first-order valence-electron chi connectivity index (χ1n) is 11.7. The zero-order chi connectivity index (χ0) is 23.1. The average molecular weight is 442 g/mol. The molecule has 170 valence electrons. The molecule has 33 heavy (non-hydrogen) atoms. The predicted octanol–water partition coefficient (Wildman–Crippen LogP) is 4.28. The summed E-state index contributed by atoms with van der Waals surface area (Å²) in [6.45, 7) is 3.68. The molecule has 2 aromatic carbocycles. The van der Waals surface area contributed by atoms with E-state index in [0.29, 0.717) is 32.5 Å². The van der Waals surface area contributed by atoms with E-state index < -0.39 is 5.41 Å². The second-order valence-corrected chi connectivity index (χ2v) is 8.84. The second-order valence-electron chi connectivity index (χ2n) is 8.84. The molecule has 1 saturated heterocycles. The SMILES string of the molecule is CCNC(=O)C1(Cc2ccc(-c3cccnc3)cc2)CCCN(C(=O)Cc2ccccc2)C1.